The summed E-state index contributed by atoms with van der Waals surface area (Å²) >= 11 is 2.59. The molecule has 0 N–H and O–H groups in total. The van der Waals surface area contributed by atoms with Crippen molar-refractivity contribution in [3.05, 3.63) is 70.5 Å². The van der Waals surface area contributed by atoms with E-state index < -0.39 is 17.8 Å². The van der Waals surface area contributed by atoms with Crippen LogP contribution in [0.1, 0.15) is 70.3 Å². The van der Waals surface area contributed by atoms with E-state index in [1.165, 1.54) is 28.5 Å². The van der Waals surface area contributed by atoms with Crippen LogP contribution in [0.25, 0.3) is 0 Å². The zero-order valence-corrected chi connectivity index (χ0v) is 33.0. The first-order valence-electron chi connectivity index (χ1n) is 18.8. The number of rotatable bonds is 13. The van der Waals surface area contributed by atoms with Crippen molar-refractivity contribution in [3.63, 3.8) is 0 Å². The lowest BCUT2D eigenvalue weighted by molar-refractivity contribution is -0.161. The van der Waals surface area contributed by atoms with Gasteiger partial charge in [-0.25, -0.2) is 9.59 Å². The number of hydrogen-bond acceptors (Lipinski definition) is 14. The highest BCUT2D eigenvalue weighted by Crippen LogP contribution is 2.57. The van der Waals surface area contributed by atoms with E-state index in [9.17, 15) is 28.8 Å². The Bertz CT molecular complexity index is 1930. The van der Waals surface area contributed by atoms with Gasteiger partial charge in [-0.3, -0.25) is 19.2 Å². The predicted octanol–water partition coefficient (Wildman–Crippen LogP) is 6.85. The third kappa shape index (κ3) is 9.55. The smallest absolute Gasteiger partial charge is 0.359 e. The second-order valence-corrected chi connectivity index (χ2v) is 16.1. The molecular formula is C41H44N2O11S2. The number of hydrazone groups is 1. The molecule has 0 aromatic heterocycles. The summed E-state index contributed by atoms with van der Waals surface area (Å²) < 4.78 is 27.9. The van der Waals surface area contributed by atoms with E-state index in [4.69, 9.17) is 23.7 Å². The van der Waals surface area contributed by atoms with Gasteiger partial charge in [-0.2, -0.15) is 10.1 Å². The zero-order chi connectivity index (χ0) is 39.8. The van der Waals surface area contributed by atoms with E-state index >= 15 is 0 Å². The molecule has 1 amide bonds. The van der Waals surface area contributed by atoms with E-state index in [2.05, 4.69) is 11.7 Å². The maximum Gasteiger partial charge on any atom is 0.359 e. The first kappa shape index (κ1) is 40.8. The molecule has 0 unspecified atom stereocenters. The van der Waals surface area contributed by atoms with Crippen LogP contribution in [0.15, 0.2) is 79.8 Å². The van der Waals surface area contributed by atoms with E-state index in [0.717, 1.165) is 16.5 Å². The van der Waals surface area contributed by atoms with Crippen molar-refractivity contribution in [1.29, 1.82) is 0 Å². The van der Waals surface area contributed by atoms with Gasteiger partial charge < -0.3 is 23.7 Å². The summed E-state index contributed by atoms with van der Waals surface area (Å²) in [5.41, 5.74) is 1.49. The van der Waals surface area contributed by atoms with Crippen LogP contribution in [0.2, 0.25) is 0 Å². The average Bonchev–Trinajstić information content (AvgIpc) is 3.81. The van der Waals surface area contributed by atoms with Crippen LogP contribution in [-0.2, 0) is 47.7 Å². The Morgan fingerprint density at radius 1 is 0.804 bits per heavy atom. The quantitative estimate of drug-likeness (QED) is 0.0680. The number of fused-ring (bicyclic) bond motifs is 1. The fraction of sp³-hybridized carbons (Fsp3) is 0.439. The number of carbonyl (C=O) groups is 6. The fourth-order valence-corrected chi connectivity index (χ4v) is 9.69. The molecule has 4 aliphatic rings. The highest BCUT2D eigenvalue weighted by molar-refractivity contribution is 8.24. The van der Waals surface area contributed by atoms with Gasteiger partial charge in [0, 0.05) is 17.4 Å². The van der Waals surface area contributed by atoms with Crippen LogP contribution in [-0.4, -0.2) is 67.4 Å². The molecule has 0 saturated heterocycles. The first-order chi connectivity index (χ1) is 27.1. The molecule has 6 rings (SSSR count). The Hall–Kier alpha value is -4.89. The van der Waals surface area contributed by atoms with Crippen molar-refractivity contribution in [2.24, 2.45) is 22.9 Å². The van der Waals surface area contributed by atoms with Gasteiger partial charge >= 0.3 is 29.8 Å². The number of anilines is 1. The van der Waals surface area contributed by atoms with Crippen LogP contribution in [0.4, 0.5) is 5.69 Å². The van der Waals surface area contributed by atoms with E-state index in [0.29, 0.717) is 78.4 Å². The van der Waals surface area contributed by atoms with Gasteiger partial charge in [0.2, 0.25) is 0 Å². The van der Waals surface area contributed by atoms with Crippen LogP contribution < -0.4 is 9.75 Å². The summed E-state index contributed by atoms with van der Waals surface area (Å²) in [6, 6.07) is 12.4. The largest absolute Gasteiger partial charge is 0.465 e. The topological polar surface area (TPSA) is 164 Å². The molecule has 15 heteroatoms. The van der Waals surface area contributed by atoms with Crippen LogP contribution >= 0.6 is 23.5 Å². The summed E-state index contributed by atoms with van der Waals surface area (Å²) in [7, 11) is 0. The highest BCUT2D eigenvalue weighted by Gasteiger charge is 2.42. The number of aryl methyl sites for hydroxylation is 1. The molecule has 0 radical (unpaired) electrons. The van der Waals surface area contributed by atoms with Crippen molar-refractivity contribution < 1.29 is 52.5 Å². The van der Waals surface area contributed by atoms with Gasteiger partial charge in [0.05, 0.1) is 58.0 Å². The van der Waals surface area contributed by atoms with Gasteiger partial charge in [0.1, 0.15) is 11.9 Å². The summed E-state index contributed by atoms with van der Waals surface area (Å²) in [5.74, 6) is -3.22. The number of hydrogen-bond donors (Lipinski definition) is 0. The zero-order valence-electron chi connectivity index (χ0n) is 31.3. The molecule has 2 fully saturated rings. The highest BCUT2D eigenvalue weighted by atomic mass is 32.2. The molecule has 296 valence electrons. The van der Waals surface area contributed by atoms with Crippen LogP contribution in [0, 0.1) is 24.7 Å². The monoisotopic (exact) mass is 804 g/mol. The molecular weight excluding hydrogens is 761 g/mol. The van der Waals surface area contributed by atoms with Gasteiger partial charge in [0.15, 0.2) is 5.71 Å². The number of amides is 1. The lowest BCUT2D eigenvalue weighted by Gasteiger charge is -2.30. The first-order valence-corrected chi connectivity index (χ1v) is 20.5. The Kier molecular flexibility index (Phi) is 13.7. The summed E-state index contributed by atoms with van der Waals surface area (Å²) in [4.78, 5) is 78.4. The molecule has 2 heterocycles. The maximum absolute atomic E-state index is 13.8. The molecule has 2 saturated carbocycles. The number of benzene rings is 2. The molecule has 0 bridgehead atoms. The number of para-hydroxylation sites is 1. The molecule has 2 aromatic rings. The number of thioether (sulfide) groups is 2. The van der Waals surface area contributed by atoms with Crippen molar-refractivity contribution in [3.8, 4) is 5.75 Å². The molecule has 0 atom stereocenters. The van der Waals surface area contributed by atoms with Crippen LogP contribution in [0.5, 0.6) is 5.75 Å². The standard InChI is InChI=1S/C41H44N2O11S2/c1-4-31(44)51-22-9-23-52-37(46)25-13-15-26(16-14-25)38(47)53-29-19-17-27(18-20-29)39(48)54-30-21-12-24(3)34-35(30)56-41(55-34)32-33(40(49)50-5-2)42-43(36(32)45)28-10-7-6-8-11-28/h4,6-8,10-12,21,25-27,29H,1,5,9,13-20,22-23H2,2-3H3/b41-32+. The average molecular weight is 805 g/mol. The SMILES string of the molecule is C=CC(=O)OCCCOC(=O)C1CCC(C(=O)OC2CCC(C(=O)Oc3ccc(C)c4c3S/C(=C3/C(=O)N(c5ccccc5)N=C3C(=O)OCC)S4)CC2)CC1. The lowest BCUT2D eigenvalue weighted by atomic mass is 9.82. The molecule has 0 spiro atoms. The van der Waals surface area contributed by atoms with Crippen molar-refractivity contribution in [2.45, 2.75) is 87.5 Å². The number of carbonyl (C=O) groups excluding carboxylic acids is 6. The number of nitrogens with zero attached hydrogens (tertiary/aromatic N) is 2. The van der Waals surface area contributed by atoms with Gasteiger partial charge in [0.25, 0.3) is 5.91 Å². The normalized spacial score (nSPS) is 23.1. The molecule has 56 heavy (non-hydrogen) atoms. The summed E-state index contributed by atoms with van der Waals surface area (Å²) in [6.45, 7) is 7.35. The van der Waals surface area contributed by atoms with Gasteiger partial charge in [-0.1, -0.05) is 54.4 Å². The maximum atomic E-state index is 13.8. The predicted molar refractivity (Wildman–Crippen MR) is 208 cm³/mol. The minimum absolute atomic E-state index is 0.0801. The van der Waals surface area contributed by atoms with E-state index in [1.807, 2.05) is 19.1 Å². The van der Waals surface area contributed by atoms with E-state index in [-0.39, 0.29) is 72.9 Å². The van der Waals surface area contributed by atoms with E-state index in [1.54, 1.807) is 37.3 Å². The molecule has 2 aromatic carbocycles. The van der Waals surface area contributed by atoms with Crippen molar-refractivity contribution in [2.75, 3.05) is 24.8 Å². The molecule has 2 aliphatic carbocycles. The number of esters is 5. The fourth-order valence-electron chi connectivity index (χ4n) is 6.94. The Morgan fingerprint density at radius 3 is 2.11 bits per heavy atom. The lowest BCUT2D eigenvalue weighted by Crippen LogP contribution is -2.33. The second kappa shape index (κ2) is 18.8. The second-order valence-electron chi connectivity index (χ2n) is 13.8. The van der Waals surface area contributed by atoms with Gasteiger partial charge in [-0.15, -0.1) is 0 Å². The third-order valence-corrected chi connectivity index (χ3v) is 12.8. The molecule has 13 nitrogen and oxygen atoms in total. The molecule has 2 aliphatic heterocycles. The number of ether oxygens (including phenoxy) is 5. The van der Waals surface area contributed by atoms with Crippen molar-refractivity contribution >= 4 is 70.7 Å². The van der Waals surface area contributed by atoms with Gasteiger partial charge in [-0.05, 0) is 89.0 Å². The summed E-state index contributed by atoms with van der Waals surface area (Å²) in [5, 5.41) is 5.57. The van der Waals surface area contributed by atoms with Crippen LogP contribution in [0.3, 0.4) is 0 Å². The minimum Gasteiger partial charge on any atom is -0.465 e. The van der Waals surface area contributed by atoms with Crippen molar-refractivity contribution in [1.82, 2.24) is 0 Å². The summed E-state index contributed by atoms with van der Waals surface area (Å²) in [6.07, 6.45) is 5.34. The Morgan fingerprint density at radius 2 is 1.43 bits per heavy atom. The Labute approximate surface area is 333 Å². The minimum atomic E-state index is -0.701. The Balaban J connectivity index is 1.00. The third-order valence-electron chi connectivity index (χ3n) is 10.0.